The van der Waals surface area contributed by atoms with Crippen LogP contribution in [0.15, 0.2) is 18.2 Å². The molecule has 1 aromatic carbocycles. The molecule has 14 heavy (non-hydrogen) atoms. The van der Waals surface area contributed by atoms with Crippen molar-refractivity contribution in [2.24, 2.45) is 0 Å². The summed E-state index contributed by atoms with van der Waals surface area (Å²) in [5.74, 6) is -0.307. The maximum atomic E-state index is 13.4. The summed E-state index contributed by atoms with van der Waals surface area (Å²) in [5.41, 5.74) is 0.450. The molecule has 2 atom stereocenters. The lowest BCUT2D eigenvalue weighted by Gasteiger charge is -2.12. The van der Waals surface area contributed by atoms with Crippen LogP contribution in [-0.4, -0.2) is 12.8 Å². The molecule has 1 heterocycles. The Morgan fingerprint density at radius 1 is 1.57 bits per heavy atom. The normalized spacial score (nSPS) is 26.8. The van der Waals surface area contributed by atoms with Gasteiger partial charge in [-0.3, -0.25) is 5.32 Å². The molecule has 1 aromatic rings. The van der Waals surface area contributed by atoms with E-state index in [9.17, 15) is 4.39 Å². The zero-order valence-corrected chi connectivity index (χ0v) is 8.51. The highest BCUT2D eigenvalue weighted by molar-refractivity contribution is 6.31. The average Bonchev–Trinajstić information content (AvgIpc) is 2.51. The van der Waals surface area contributed by atoms with Gasteiger partial charge < -0.3 is 4.74 Å². The Hall–Kier alpha value is -0.640. The summed E-state index contributed by atoms with van der Waals surface area (Å²) in [6, 6.07) is 4.66. The Labute approximate surface area is 87.0 Å². The van der Waals surface area contributed by atoms with Gasteiger partial charge in [0.25, 0.3) is 0 Å². The lowest BCUT2D eigenvalue weighted by molar-refractivity contribution is 0.0511. The van der Waals surface area contributed by atoms with Gasteiger partial charge in [-0.2, -0.15) is 0 Å². The molecule has 2 nitrogen and oxygen atoms in total. The molecule has 1 N–H and O–H groups in total. The highest BCUT2D eigenvalue weighted by Crippen LogP contribution is 2.30. The van der Waals surface area contributed by atoms with Gasteiger partial charge in [-0.15, -0.1) is 0 Å². The molecule has 2 unspecified atom stereocenters. The molecule has 0 radical (unpaired) electrons. The van der Waals surface area contributed by atoms with E-state index in [0.29, 0.717) is 17.1 Å². The molecule has 0 bridgehead atoms. The average molecular weight is 216 g/mol. The fourth-order valence-electron chi connectivity index (χ4n) is 1.60. The van der Waals surface area contributed by atoms with E-state index >= 15 is 0 Å². The van der Waals surface area contributed by atoms with Gasteiger partial charge in [0.1, 0.15) is 18.1 Å². The van der Waals surface area contributed by atoms with Gasteiger partial charge in [-0.25, -0.2) is 4.39 Å². The van der Waals surface area contributed by atoms with Crippen molar-refractivity contribution >= 4 is 11.6 Å². The first-order valence-corrected chi connectivity index (χ1v) is 4.89. The van der Waals surface area contributed by atoms with Crippen molar-refractivity contribution < 1.29 is 9.13 Å². The topological polar surface area (TPSA) is 21.3 Å². The second-order valence-electron chi connectivity index (χ2n) is 3.31. The molecule has 0 saturated carbocycles. The maximum absolute atomic E-state index is 13.4. The van der Waals surface area contributed by atoms with Crippen molar-refractivity contribution in [3.63, 3.8) is 0 Å². The summed E-state index contributed by atoms with van der Waals surface area (Å²) in [6.45, 7) is 2.48. The number of halogens is 2. The number of rotatable bonds is 1. The van der Waals surface area contributed by atoms with Crippen LogP contribution in [0.5, 0.6) is 0 Å². The van der Waals surface area contributed by atoms with Crippen molar-refractivity contribution in [2.75, 3.05) is 6.54 Å². The quantitative estimate of drug-likeness (QED) is 0.777. The van der Waals surface area contributed by atoms with Gasteiger partial charge >= 0.3 is 0 Å². The minimum atomic E-state index is -0.307. The Balaban J connectivity index is 2.31. The SMILES string of the molecule is CC1NCC(c2c(F)cccc2Cl)O1. The molecule has 0 amide bonds. The minimum Gasteiger partial charge on any atom is -0.354 e. The highest BCUT2D eigenvalue weighted by Gasteiger charge is 2.26. The maximum Gasteiger partial charge on any atom is 0.130 e. The van der Waals surface area contributed by atoms with Crippen molar-refractivity contribution in [1.29, 1.82) is 0 Å². The van der Waals surface area contributed by atoms with Gasteiger partial charge in [-0.05, 0) is 19.1 Å². The summed E-state index contributed by atoms with van der Waals surface area (Å²) in [5, 5.41) is 3.50. The van der Waals surface area contributed by atoms with Crippen molar-refractivity contribution in [3.05, 3.63) is 34.6 Å². The van der Waals surface area contributed by atoms with Crippen LogP contribution < -0.4 is 5.32 Å². The summed E-state index contributed by atoms with van der Waals surface area (Å²) >= 11 is 5.91. The van der Waals surface area contributed by atoms with Crippen LogP contribution in [0.3, 0.4) is 0 Å². The molecule has 1 saturated heterocycles. The third-order valence-corrected chi connectivity index (χ3v) is 2.61. The highest BCUT2D eigenvalue weighted by atomic mass is 35.5. The van der Waals surface area contributed by atoms with E-state index < -0.39 is 0 Å². The predicted molar refractivity (Wildman–Crippen MR) is 52.7 cm³/mol. The largest absolute Gasteiger partial charge is 0.354 e. The molecule has 1 aliphatic rings. The third-order valence-electron chi connectivity index (χ3n) is 2.28. The van der Waals surface area contributed by atoms with Crippen LogP contribution >= 0.6 is 11.6 Å². The molecule has 0 aliphatic carbocycles. The van der Waals surface area contributed by atoms with Gasteiger partial charge in [0.2, 0.25) is 0 Å². The third kappa shape index (κ3) is 1.75. The fourth-order valence-corrected chi connectivity index (χ4v) is 1.89. The smallest absolute Gasteiger partial charge is 0.130 e. The van der Waals surface area contributed by atoms with E-state index in [1.165, 1.54) is 6.07 Å². The van der Waals surface area contributed by atoms with Crippen LogP contribution in [-0.2, 0) is 4.74 Å². The summed E-state index contributed by atoms with van der Waals surface area (Å²) < 4.78 is 18.9. The second-order valence-corrected chi connectivity index (χ2v) is 3.72. The van der Waals surface area contributed by atoms with Gasteiger partial charge in [0, 0.05) is 17.1 Å². The standard InChI is InChI=1S/C10H11ClFNO/c1-6-13-5-9(14-6)10-7(11)3-2-4-8(10)12/h2-4,6,9,13H,5H2,1H3. The monoisotopic (exact) mass is 215 g/mol. The lowest BCUT2D eigenvalue weighted by atomic mass is 10.1. The zero-order chi connectivity index (χ0) is 10.1. The Kier molecular flexibility index (Phi) is 2.72. The van der Waals surface area contributed by atoms with E-state index in [1.54, 1.807) is 12.1 Å². The molecule has 76 valence electrons. The summed E-state index contributed by atoms with van der Waals surface area (Å²) in [4.78, 5) is 0. The van der Waals surface area contributed by atoms with Crippen molar-refractivity contribution in [1.82, 2.24) is 5.32 Å². The summed E-state index contributed by atoms with van der Waals surface area (Å²) in [7, 11) is 0. The van der Waals surface area contributed by atoms with Crippen LogP contribution in [0, 0.1) is 5.82 Å². The molecule has 0 aromatic heterocycles. The number of ether oxygens (including phenoxy) is 1. The Bertz CT molecular complexity index is 325. The first-order valence-electron chi connectivity index (χ1n) is 4.51. The number of nitrogens with one attached hydrogen (secondary N) is 1. The van der Waals surface area contributed by atoms with Crippen molar-refractivity contribution in [3.8, 4) is 0 Å². The summed E-state index contributed by atoms with van der Waals surface area (Å²) in [6.07, 6.45) is -0.325. The van der Waals surface area contributed by atoms with E-state index in [-0.39, 0.29) is 18.1 Å². The van der Waals surface area contributed by atoms with E-state index in [1.807, 2.05) is 6.92 Å². The van der Waals surface area contributed by atoms with Crippen LogP contribution in [0.4, 0.5) is 4.39 Å². The zero-order valence-electron chi connectivity index (χ0n) is 7.76. The van der Waals surface area contributed by atoms with Gasteiger partial charge in [-0.1, -0.05) is 17.7 Å². The molecule has 2 rings (SSSR count). The number of benzene rings is 1. The first-order chi connectivity index (χ1) is 6.68. The molecular weight excluding hydrogens is 205 g/mol. The van der Waals surface area contributed by atoms with Crippen molar-refractivity contribution in [2.45, 2.75) is 19.3 Å². The van der Waals surface area contributed by atoms with Gasteiger partial charge in [0.05, 0.1) is 0 Å². The molecule has 0 spiro atoms. The van der Waals surface area contributed by atoms with Crippen LogP contribution in [0.2, 0.25) is 5.02 Å². The van der Waals surface area contributed by atoms with E-state index in [4.69, 9.17) is 16.3 Å². The molecule has 1 fully saturated rings. The van der Waals surface area contributed by atoms with Crippen LogP contribution in [0.1, 0.15) is 18.6 Å². The molecule has 4 heteroatoms. The lowest BCUT2D eigenvalue weighted by Crippen LogP contribution is -2.17. The number of hydrogen-bond acceptors (Lipinski definition) is 2. The van der Waals surface area contributed by atoms with Gasteiger partial charge in [0.15, 0.2) is 0 Å². The Morgan fingerprint density at radius 2 is 2.36 bits per heavy atom. The number of hydrogen-bond donors (Lipinski definition) is 1. The predicted octanol–water partition coefficient (Wildman–Crippen LogP) is 2.49. The molecular formula is C10H11ClFNO. The van der Waals surface area contributed by atoms with E-state index in [2.05, 4.69) is 5.32 Å². The molecule has 1 aliphatic heterocycles. The fraction of sp³-hybridized carbons (Fsp3) is 0.400. The Morgan fingerprint density at radius 3 is 2.93 bits per heavy atom. The first kappa shape index (κ1) is 9.90. The second kappa shape index (κ2) is 3.85. The van der Waals surface area contributed by atoms with E-state index in [0.717, 1.165) is 0 Å². The van der Waals surface area contributed by atoms with Crippen LogP contribution in [0.25, 0.3) is 0 Å². The minimum absolute atomic E-state index is 0.0457.